The second-order valence-corrected chi connectivity index (χ2v) is 19.1. The van der Waals surface area contributed by atoms with Crippen molar-refractivity contribution in [2.45, 2.75) is 84.4 Å². The van der Waals surface area contributed by atoms with E-state index >= 15 is 4.39 Å². The third kappa shape index (κ3) is 9.91. The van der Waals surface area contributed by atoms with E-state index in [0.29, 0.717) is 27.6 Å². The van der Waals surface area contributed by atoms with Gasteiger partial charge in [0.2, 0.25) is 11.8 Å². The van der Waals surface area contributed by atoms with Crippen molar-refractivity contribution in [3.05, 3.63) is 113 Å². The number of nitriles is 1. The van der Waals surface area contributed by atoms with Crippen molar-refractivity contribution in [2.24, 2.45) is 5.41 Å². The van der Waals surface area contributed by atoms with E-state index in [4.69, 9.17) is 17.0 Å². The first kappa shape index (κ1) is 49.1. The third-order valence-corrected chi connectivity index (χ3v) is 13.0. The number of rotatable bonds is 12. The number of thiazole rings is 1. The number of alkyl halides is 3. The molecule has 0 unspecified atom stereocenters. The summed E-state index contributed by atoms with van der Waals surface area (Å²) in [7, 11) is 0. The molecule has 0 spiro atoms. The van der Waals surface area contributed by atoms with Gasteiger partial charge in [0.1, 0.15) is 28.9 Å². The van der Waals surface area contributed by atoms with Crippen LogP contribution in [0.1, 0.15) is 63.4 Å². The van der Waals surface area contributed by atoms with Crippen LogP contribution in [-0.2, 0) is 31.9 Å². The Balaban J connectivity index is 0.959. The second-order valence-electron chi connectivity index (χ2n) is 17.9. The zero-order chi connectivity index (χ0) is 49.5. The molecule has 5 aromatic rings. The molecule has 20 heteroatoms. The van der Waals surface area contributed by atoms with Crippen molar-refractivity contribution in [1.29, 1.82) is 5.26 Å². The van der Waals surface area contributed by atoms with Gasteiger partial charge in [-0.3, -0.25) is 29.1 Å². The van der Waals surface area contributed by atoms with Crippen LogP contribution in [0.25, 0.3) is 21.7 Å². The van der Waals surface area contributed by atoms with Gasteiger partial charge in [0, 0.05) is 25.1 Å². The molecule has 2 aromatic heterocycles. The lowest BCUT2D eigenvalue weighted by molar-refractivity contribution is -0.144. The van der Waals surface area contributed by atoms with E-state index in [1.54, 1.807) is 74.0 Å². The number of aliphatic hydroxyl groups excluding tert-OH is 1. The molecule has 354 valence electrons. The minimum Gasteiger partial charge on any atom is -0.484 e. The molecular weight excluding hydrogens is 925 g/mol. The molecule has 7 rings (SSSR count). The summed E-state index contributed by atoms with van der Waals surface area (Å²) in [5.41, 5.74) is 0.221. The van der Waals surface area contributed by atoms with E-state index in [1.807, 2.05) is 31.2 Å². The molecule has 68 heavy (non-hydrogen) atoms. The van der Waals surface area contributed by atoms with Crippen molar-refractivity contribution in [3.8, 4) is 33.5 Å². The average Bonchev–Trinajstić information content (AvgIpc) is 3.95. The summed E-state index contributed by atoms with van der Waals surface area (Å²) in [5.74, 6) is -3.83. The van der Waals surface area contributed by atoms with Gasteiger partial charge in [-0.25, -0.2) is 9.37 Å². The first-order valence-corrected chi connectivity index (χ1v) is 22.5. The summed E-state index contributed by atoms with van der Waals surface area (Å²) in [4.78, 5) is 67.7. The summed E-state index contributed by atoms with van der Waals surface area (Å²) in [6, 6.07) is 18.5. The molecule has 14 nitrogen and oxygen atoms in total. The Hall–Kier alpha value is -6.82. The summed E-state index contributed by atoms with van der Waals surface area (Å²) in [6.45, 7) is 9.90. The standard InChI is InChI=1S/C48H46F4N8O6S2/c1-26-40(68-25-56-26)29-9-7-27(8-10-29)21-55-42(63)36-19-32(61)23-58(36)43(64)41(46(2,3)4)57-37(62)24-66-33-15-11-28(12-16-33)34-17-14-31(22-54-34)60-45(67)59(44(65)47(60,5)6)35-18-13-30(20-53)38(39(35)49)48(50,51)52/h7-18,22,25,32,36,41,61H,19,21,23-24H2,1-6H3,(H,55,63)(H,57,62)/t32-,36+,41-/m1/s1. The zero-order valence-corrected chi connectivity index (χ0v) is 39.3. The van der Waals surface area contributed by atoms with Gasteiger partial charge >= 0.3 is 6.18 Å². The average molecular weight is 971 g/mol. The Morgan fingerprint density at radius 3 is 2.28 bits per heavy atom. The highest BCUT2D eigenvalue weighted by atomic mass is 32.1. The molecule has 2 aliphatic heterocycles. The zero-order valence-electron chi connectivity index (χ0n) is 37.6. The number of nitrogens with zero attached hydrogens (tertiary/aromatic N) is 6. The number of hydrogen-bond acceptors (Lipinski definition) is 11. The molecule has 2 aliphatic rings. The molecule has 0 radical (unpaired) electrons. The number of aliphatic hydroxyl groups is 1. The predicted molar refractivity (Wildman–Crippen MR) is 250 cm³/mol. The fraction of sp³-hybridized carbons (Fsp3) is 0.333. The first-order valence-electron chi connectivity index (χ1n) is 21.2. The fourth-order valence-electron chi connectivity index (χ4n) is 8.09. The molecule has 2 saturated heterocycles. The summed E-state index contributed by atoms with van der Waals surface area (Å²) < 4.78 is 62.6. The number of β-amino-alcohol motifs (C(OH)–C–C–N with tert-alkyl or cyclic N) is 1. The van der Waals surface area contributed by atoms with Gasteiger partial charge in [0.15, 0.2) is 17.5 Å². The molecule has 0 aliphatic carbocycles. The molecule has 3 N–H and O–H groups in total. The number of aryl methyl sites for hydroxylation is 1. The second kappa shape index (κ2) is 19.1. The van der Waals surface area contributed by atoms with Crippen LogP contribution in [0.3, 0.4) is 0 Å². The van der Waals surface area contributed by atoms with Gasteiger partial charge in [-0.15, -0.1) is 11.3 Å². The maximum atomic E-state index is 15.5. The minimum atomic E-state index is -5.22. The number of aromatic nitrogens is 2. The van der Waals surface area contributed by atoms with Crippen LogP contribution in [0, 0.1) is 29.5 Å². The molecule has 3 atom stereocenters. The van der Waals surface area contributed by atoms with Gasteiger partial charge in [-0.1, -0.05) is 45.0 Å². The Bertz CT molecular complexity index is 2810. The number of likely N-dealkylation sites (tertiary alicyclic amines) is 1. The van der Waals surface area contributed by atoms with Crippen molar-refractivity contribution < 1.29 is 46.6 Å². The monoisotopic (exact) mass is 970 g/mol. The molecule has 4 amide bonds. The normalized spacial score (nSPS) is 17.5. The molecule has 0 saturated carbocycles. The van der Waals surface area contributed by atoms with Crippen LogP contribution in [0.5, 0.6) is 5.75 Å². The number of thiocarbonyl (C=S) groups is 1. The maximum Gasteiger partial charge on any atom is 0.420 e. The van der Waals surface area contributed by atoms with Crippen LogP contribution in [0.4, 0.5) is 28.9 Å². The number of nitrogens with one attached hydrogen (secondary N) is 2. The number of amides is 4. The number of ether oxygens (including phenoxy) is 1. The largest absolute Gasteiger partial charge is 0.484 e. The highest BCUT2D eigenvalue weighted by Gasteiger charge is 2.52. The number of anilines is 2. The van der Waals surface area contributed by atoms with E-state index in [1.165, 1.54) is 35.9 Å². The first-order chi connectivity index (χ1) is 32.0. The number of carbonyl (C=O) groups is 4. The van der Waals surface area contributed by atoms with Crippen LogP contribution in [-0.4, -0.2) is 85.6 Å². The summed E-state index contributed by atoms with van der Waals surface area (Å²) in [6.07, 6.45) is -4.71. The van der Waals surface area contributed by atoms with E-state index < -0.39 is 88.2 Å². The van der Waals surface area contributed by atoms with Crippen LogP contribution in [0.2, 0.25) is 0 Å². The molecule has 2 fully saturated rings. The van der Waals surface area contributed by atoms with E-state index in [-0.39, 0.29) is 24.6 Å². The van der Waals surface area contributed by atoms with Crippen molar-refractivity contribution in [3.63, 3.8) is 0 Å². The summed E-state index contributed by atoms with van der Waals surface area (Å²) >= 11 is 7.08. The van der Waals surface area contributed by atoms with Crippen molar-refractivity contribution >= 4 is 63.7 Å². The Kier molecular flexibility index (Phi) is 13.8. The highest BCUT2D eigenvalue weighted by Crippen LogP contribution is 2.42. The van der Waals surface area contributed by atoms with Gasteiger partial charge < -0.3 is 30.3 Å². The SMILES string of the molecule is Cc1ncsc1-c1ccc(CNC(=O)[C@@H]2C[C@@H](O)CN2C(=O)[C@@H](NC(=O)COc2ccc(-c3ccc(N4C(=S)N(c5ccc(C#N)c(C(F)(F)F)c5F)C(=O)C4(C)C)cn3)cc2)C(C)(C)C)cc1. The number of pyridine rings is 1. The smallest absolute Gasteiger partial charge is 0.420 e. The van der Waals surface area contributed by atoms with Gasteiger partial charge in [-0.2, -0.15) is 18.4 Å². The van der Waals surface area contributed by atoms with Crippen molar-refractivity contribution in [2.75, 3.05) is 23.0 Å². The quantitative estimate of drug-likeness (QED) is 0.0843. The van der Waals surface area contributed by atoms with Crippen LogP contribution in [0.15, 0.2) is 84.5 Å². The minimum absolute atomic E-state index is 0.0378. The molecular formula is C48H46F4N8O6S2. The van der Waals surface area contributed by atoms with E-state index in [9.17, 15) is 42.7 Å². The fourth-order valence-corrected chi connectivity index (χ4v) is 9.42. The molecule has 4 heterocycles. The van der Waals surface area contributed by atoms with E-state index in [0.717, 1.165) is 33.8 Å². The Labute approximate surface area is 398 Å². The number of benzene rings is 3. The predicted octanol–water partition coefficient (Wildman–Crippen LogP) is 7.31. The van der Waals surface area contributed by atoms with Gasteiger partial charge in [0.25, 0.3) is 11.8 Å². The third-order valence-electron chi connectivity index (χ3n) is 11.7. The van der Waals surface area contributed by atoms with Crippen molar-refractivity contribution in [1.82, 2.24) is 25.5 Å². The van der Waals surface area contributed by atoms with Gasteiger partial charge in [-0.05, 0) is 98.1 Å². The lowest BCUT2D eigenvalue weighted by atomic mass is 9.85. The number of halogens is 4. The van der Waals surface area contributed by atoms with E-state index in [2.05, 4.69) is 20.6 Å². The molecule has 3 aromatic carbocycles. The van der Waals surface area contributed by atoms with Gasteiger partial charge in [0.05, 0.1) is 57.1 Å². The highest BCUT2D eigenvalue weighted by molar-refractivity contribution is 7.81. The topological polar surface area (TPSA) is 181 Å². The molecule has 0 bridgehead atoms. The van der Waals surface area contributed by atoms with Crippen LogP contribution < -0.4 is 25.2 Å². The Morgan fingerprint density at radius 2 is 1.69 bits per heavy atom. The number of carbonyl (C=O) groups excluding carboxylic acids is 4. The summed E-state index contributed by atoms with van der Waals surface area (Å²) in [5, 5.41) is 25.1. The lowest BCUT2D eigenvalue weighted by Crippen LogP contribution is -2.58. The Morgan fingerprint density at radius 1 is 1.01 bits per heavy atom. The maximum absolute atomic E-state index is 15.5. The van der Waals surface area contributed by atoms with Crippen LogP contribution >= 0.6 is 23.6 Å². The number of hydrogen-bond donors (Lipinski definition) is 3. The lowest BCUT2D eigenvalue weighted by Gasteiger charge is -2.35.